The molecule has 1 aliphatic heterocycles. The third kappa shape index (κ3) is 3.37. The fourth-order valence-corrected chi connectivity index (χ4v) is 4.62. The molecule has 6 heteroatoms. The maximum absolute atomic E-state index is 12.9. The maximum atomic E-state index is 12.9. The lowest BCUT2D eigenvalue weighted by atomic mass is 9.89. The molecule has 2 heterocycles. The number of carbonyl (C=O) groups excluding carboxylic acids is 1. The molecule has 4 rings (SSSR count). The number of likely N-dealkylation sites (tertiary alicyclic amines) is 1. The normalized spacial score (nSPS) is 15.2. The Kier molecular flexibility index (Phi) is 5.06. The molecule has 1 aromatic heterocycles. The first-order valence-electron chi connectivity index (χ1n) is 9.41. The van der Waals surface area contributed by atoms with Gasteiger partial charge in [-0.05, 0) is 83.1 Å². The maximum Gasteiger partial charge on any atom is 0.257 e. The zero-order valence-corrected chi connectivity index (χ0v) is 17.5. The molecule has 1 amide bonds. The molecule has 3 aromatic rings. The Morgan fingerprint density at radius 3 is 2.71 bits per heavy atom. The van der Waals surface area contributed by atoms with E-state index >= 15 is 0 Å². The van der Waals surface area contributed by atoms with Crippen LogP contribution in [0, 0.1) is 6.92 Å². The van der Waals surface area contributed by atoms with Crippen molar-refractivity contribution in [2.75, 3.05) is 20.2 Å². The van der Waals surface area contributed by atoms with E-state index in [0.29, 0.717) is 29.0 Å². The third-order valence-electron chi connectivity index (χ3n) is 5.58. The van der Waals surface area contributed by atoms with Crippen molar-refractivity contribution in [1.29, 1.82) is 0 Å². The van der Waals surface area contributed by atoms with E-state index in [0.717, 1.165) is 29.7 Å². The highest BCUT2D eigenvalue weighted by atomic mass is 79.9. The number of hydrogen-bond donors (Lipinski definition) is 2. The first kappa shape index (κ1) is 18.9. The lowest BCUT2D eigenvalue weighted by Gasteiger charge is -2.32. The van der Waals surface area contributed by atoms with Gasteiger partial charge in [0.05, 0.1) is 17.1 Å². The number of benzene rings is 2. The van der Waals surface area contributed by atoms with E-state index in [2.05, 4.69) is 33.2 Å². The molecule has 0 radical (unpaired) electrons. The van der Waals surface area contributed by atoms with Crippen molar-refractivity contribution >= 4 is 32.7 Å². The van der Waals surface area contributed by atoms with Crippen LogP contribution in [0.2, 0.25) is 0 Å². The SMILES string of the molecule is COc1ccc2[nH]cc(C3CCN(C(=O)c4cc(C)cc(Br)c4O)CC3)c2c1. The highest BCUT2D eigenvalue weighted by Crippen LogP contribution is 2.36. The van der Waals surface area contributed by atoms with Gasteiger partial charge in [0.15, 0.2) is 0 Å². The number of aromatic nitrogens is 1. The molecule has 28 heavy (non-hydrogen) atoms. The van der Waals surface area contributed by atoms with Gasteiger partial charge >= 0.3 is 0 Å². The number of nitrogens with zero attached hydrogens (tertiary/aromatic N) is 1. The first-order valence-corrected chi connectivity index (χ1v) is 10.2. The van der Waals surface area contributed by atoms with Gasteiger partial charge < -0.3 is 19.7 Å². The summed E-state index contributed by atoms with van der Waals surface area (Å²) in [5.41, 5.74) is 3.68. The van der Waals surface area contributed by atoms with E-state index in [1.807, 2.05) is 30.0 Å². The van der Waals surface area contributed by atoms with Crippen molar-refractivity contribution in [2.45, 2.75) is 25.7 Å². The topological polar surface area (TPSA) is 65.6 Å². The average Bonchev–Trinajstić information content (AvgIpc) is 3.13. The molecule has 0 unspecified atom stereocenters. The first-order chi connectivity index (χ1) is 13.5. The summed E-state index contributed by atoms with van der Waals surface area (Å²) in [4.78, 5) is 18.1. The molecule has 0 spiro atoms. The Bertz CT molecular complexity index is 1040. The van der Waals surface area contributed by atoms with Crippen molar-refractivity contribution < 1.29 is 14.6 Å². The van der Waals surface area contributed by atoms with Crippen LogP contribution >= 0.6 is 15.9 Å². The number of carbonyl (C=O) groups is 1. The number of phenols is 1. The predicted molar refractivity (Wildman–Crippen MR) is 113 cm³/mol. The van der Waals surface area contributed by atoms with Gasteiger partial charge in [0, 0.05) is 30.2 Å². The number of methoxy groups -OCH3 is 1. The Morgan fingerprint density at radius 1 is 1.25 bits per heavy atom. The molecule has 5 nitrogen and oxygen atoms in total. The summed E-state index contributed by atoms with van der Waals surface area (Å²) < 4.78 is 5.92. The number of halogens is 1. The number of rotatable bonds is 3. The van der Waals surface area contributed by atoms with Gasteiger partial charge in [-0.1, -0.05) is 0 Å². The molecule has 1 saturated heterocycles. The lowest BCUT2D eigenvalue weighted by Crippen LogP contribution is -2.38. The minimum atomic E-state index is -0.110. The van der Waals surface area contributed by atoms with Crippen molar-refractivity contribution in [3.8, 4) is 11.5 Å². The predicted octanol–water partition coefficient (Wildman–Crippen LogP) is 4.97. The summed E-state index contributed by atoms with van der Waals surface area (Å²) >= 11 is 3.33. The molecule has 0 atom stereocenters. The fourth-order valence-electron chi connectivity index (χ4n) is 4.05. The van der Waals surface area contributed by atoms with Crippen LogP contribution in [0.25, 0.3) is 10.9 Å². The number of phenolic OH excluding ortho intramolecular Hbond substituents is 1. The van der Waals surface area contributed by atoms with Crippen LogP contribution in [0.5, 0.6) is 11.5 Å². The number of nitrogens with one attached hydrogen (secondary N) is 1. The second-order valence-corrected chi connectivity index (χ2v) is 8.22. The fraction of sp³-hybridized carbons (Fsp3) is 0.318. The number of ether oxygens (including phenoxy) is 1. The van der Waals surface area contributed by atoms with Crippen LogP contribution in [0.4, 0.5) is 0 Å². The second-order valence-electron chi connectivity index (χ2n) is 7.36. The van der Waals surface area contributed by atoms with Crippen LogP contribution in [0.1, 0.15) is 40.2 Å². The van der Waals surface area contributed by atoms with E-state index in [1.54, 1.807) is 13.2 Å². The largest absolute Gasteiger partial charge is 0.506 e. The van der Waals surface area contributed by atoms with Crippen molar-refractivity contribution in [1.82, 2.24) is 9.88 Å². The smallest absolute Gasteiger partial charge is 0.257 e. The molecule has 0 aliphatic carbocycles. The zero-order chi connectivity index (χ0) is 19.8. The van der Waals surface area contributed by atoms with E-state index in [9.17, 15) is 9.90 Å². The Labute approximate surface area is 172 Å². The molecule has 0 saturated carbocycles. The van der Waals surface area contributed by atoms with Gasteiger partial charge in [-0.3, -0.25) is 4.79 Å². The molecular weight excluding hydrogens is 420 g/mol. The molecule has 0 bridgehead atoms. The minimum Gasteiger partial charge on any atom is -0.506 e. The lowest BCUT2D eigenvalue weighted by molar-refractivity contribution is 0.0710. The molecule has 2 aromatic carbocycles. The zero-order valence-electron chi connectivity index (χ0n) is 16.0. The molecule has 146 valence electrons. The number of aromatic hydroxyl groups is 1. The summed E-state index contributed by atoms with van der Waals surface area (Å²) in [6, 6.07) is 9.62. The summed E-state index contributed by atoms with van der Waals surface area (Å²) in [6.45, 7) is 3.26. The number of aryl methyl sites for hydroxylation is 1. The van der Waals surface area contributed by atoms with Crippen LogP contribution in [0.15, 0.2) is 41.0 Å². The second kappa shape index (κ2) is 7.51. The van der Waals surface area contributed by atoms with E-state index in [4.69, 9.17) is 4.74 Å². The number of aromatic amines is 1. The summed E-state index contributed by atoms with van der Waals surface area (Å²) in [7, 11) is 1.68. The van der Waals surface area contributed by atoms with Crippen LogP contribution in [-0.4, -0.2) is 41.1 Å². The summed E-state index contributed by atoms with van der Waals surface area (Å²) in [5.74, 6) is 1.15. The number of hydrogen-bond acceptors (Lipinski definition) is 3. The summed E-state index contributed by atoms with van der Waals surface area (Å²) in [6.07, 6.45) is 3.86. The highest BCUT2D eigenvalue weighted by Gasteiger charge is 2.28. The third-order valence-corrected chi connectivity index (χ3v) is 6.19. The Hall–Kier alpha value is -2.47. The standard InChI is InChI=1S/C22H23BrN2O3/c1-13-9-17(21(26)19(23)10-13)22(27)25-7-5-14(6-8-25)18-12-24-20-4-3-15(28-2)11-16(18)20/h3-4,9-12,14,24,26H,5-8H2,1-2H3. The quantitative estimate of drug-likeness (QED) is 0.601. The van der Waals surface area contributed by atoms with Gasteiger partial charge in [-0.25, -0.2) is 0 Å². The van der Waals surface area contributed by atoms with Crippen molar-refractivity contribution in [3.05, 3.63) is 57.7 Å². The number of piperidine rings is 1. The highest BCUT2D eigenvalue weighted by molar-refractivity contribution is 9.10. The molecular formula is C22H23BrN2O3. The Morgan fingerprint density at radius 2 is 2.00 bits per heavy atom. The average molecular weight is 443 g/mol. The van der Waals surface area contributed by atoms with E-state index in [1.165, 1.54) is 10.9 Å². The van der Waals surface area contributed by atoms with Gasteiger partial charge in [0.25, 0.3) is 5.91 Å². The van der Waals surface area contributed by atoms with Crippen LogP contribution < -0.4 is 4.74 Å². The number of fused-ring (bicyclic) bond motifs is 1. The molecule has 2 N–H and O–H groups in total. The van der Waals surface area contributed by atoms with Crippen LogP contribution in [-0.2, 0) is 0 Å². The van der Waals surface area contributed by atoms with Crippen molar-refractivity contribution in [3.63, 3.8) is 0 Å². The van der Waals surface area contributed by atoms with Crippen LogP contribution in [0.3, 0.4) is 0 Å². The van der Waals surface area contributed by atoms with E-state index in [-0.39, 0.29) is 11.7 Å². The molecule has 1 fully saturated rings. The minimum absolute atomic E-state index is 0.0152. The van der Waals surface area contributed by atoms with E-state index < -0.39 is 0 Å². The Balaban J connectivity index is 1.52. The molecule has 1 aliphatic rings. The monoisotopic (exact) mass is 442 g/mol. The number of H-pyrrole nitrogens is 1. The van der Waals surface area contributed by atoms with Gasteiger partial charge in [-0.2, -0.15) is 0 Å². The number of amides is 1. The van der Waals surface area contributed by atoms with Gasteiger partial charge in [-0.15, -0.1) is 0 Å². The van der Waals surface area contributed by atoms with Gasteiger partial charge in [0.2, 0.25) is 0 Å². The summed E-state index contributed by atoms with van der Waals surface area (Å²) in [5, 5.41) is 11.5. The van der Waals surface area contributed by atoms with Crippen molar-refractivity contribution in [2.24, 2.45) is 0 Å². The van der Waals surface area contributed by atoms with Gasteiger partial charge in [0.1, 0.15) is 11.5 Å².